The maximum Gasteiger partial charge on any atom is 0.237 e. The zero-order chi connectivity index (χ0) is 12.1. The predicted molar refractivity (Wildman–Crippen MR) is 70.5 cm³/mol. The molecule has 0 radical (unpaired) electrons. The molecule has 0 aromatic rings. The minimum Gasteiger partial charge on any atom is -0.352 e. The number of rotatable bonds is 5. The normalized spacial score (nSPS) is 27.1. The second kappa shape index (κ2) is 6.50. The Hall–Kier alpha value is -0.220. The van der Waals surface area contributed by atoms with Crippen LogP contribution in [0.25, 0.3) is 0 Å². The van der Waals surface area contributed by atoms with E-state index in [4.69, 9.17) is 5.73 Å². The summed E-state index contributed by atoms with van der Waals surface area (Å²) in [6.45, 7) is 4.18. The highest BCUT2D eigenvalue weighted by Crippen LogP contribution is 2.28. The molecule has 3 N–H and O–H groups in total. The molecule has 0 bridgehead atoms. The number of nitrogens with two attached hydrogens (primary N) is 1. The standard InChI is InChI=1S/C12H24N2OS/c1-8(2)6-11(13)12(15)14-9-4-5-10(7-9)16-3/h8-11H,4-7,13H2,1-3H3,(H,14,15)/t9?,10?,11-/m0/s1. The van der Waals surface area contributed by atoms with Gasteiger partial charge in [-0.05, 0) is 37.9 Å². The third-order valence-electron chi connectivity index (χ3n) is 3.13. The minimum absolute atomic E-state index is 0.0282. The number of nitrogens with one attached hydrogen (secondary N) is 1. The zero-order valence-electron chi connectivity index (χ0n) is 10.5. The topological polar surface area (TPSA) is 55.1 Å². The van der Waals surface area contributed by atoms with Crippen molar-refractivity contribution in [1.29, 1.82) is 0 Å². The van der Waals surface area contributed by atoms with E-state index in [2.05, 4.69) is 25.4 Å². The van der Waals surface area contributed by atoms with Crippen molar-refractivity contribution in [3.05, 3.63) is 0 Å². The molecule has 0 aromatic carbocycles. The van der Waals surface area contributed by atoms with Crippen LogP contribution >= 0.6 is 11.8 Å². The van der Waals surface area contributed by atoms with Gasteiger partial charge >= 0.3 is 0 Å². The number of hydrogen-bond acceptors (Lipinski definition) is 3. The predicted octanol–water partition coefficient (Wildman–Crippen LogP) is 1.76. The monoisotopic (exact) mass is 244 g/mol. The summed E-state index contributed by atoms with van der Waals surface area (Å²) in [6.07, 6.45) is 6.32. The van der Waals surface area contributed by atoms with Crippen LogP contribution in [0.2, 0.25) is 0 Å². The Bertz CT molecular complexity index is 233. The molecule has 0 aliphatic heterocycles. The molecule has 1 fully saturated rings. The van der Waals surface area contributed by atoms with Gasteiger partial charge in [0.1, 0.15) is 0 Å². The molecular formula is C12H24N2OS. The smallest absolute Gasteiger partial charge is 0.237 e. The molecule has 1 aliphatic carbocycles. The quantitative estimate of drug-likeness (QED) is 0.775. The molecule has 1 amide bonds. The molecule has 94 valence electrons. The van der Waals surface area contributed by atoms with Crippen molar-refractivity contribution in [2.75, 3.05) is 6.26 Å². The van der Waals surface area contributed by atoms with Crippen molar-refractivity contribution in [1.82, 2.24) is 5.32 Å². The Kier molecular flexibility index (Phi) is 5.62. The zero-order valence-corrected chi connectivity index (χ0v) is 11.3. The van der Waals surface area contributed by atoms with E-state index in [0.29, 0.717) is 17.2 Å². The van der Waals surface area contributed by atoms with E-state index in [0.717, 1.165) is 19.3 Å². The molecule has 4 heteroatoms. The molecular weight excluding hydrogens is 220 g/mol. The molecule has 0 spiro atoms. The van der Waals surface area contributed by atoms with Crippen LogP contribution in [0.3, 0.4) is 0 Å². The van der Waals surface area contributed by atoms with Crippen molar-refractivity contribution in [3.8, 4) is 0 Å². The lowest BCUT2D eigenvalue weighted by Crippen LogP contribution is -2.45. The van der Waals surface area contributed by atoms with Crippen molar-refractivity contribution < 1.29 is 4.79 Å². The first kappa shape index (κ1) is 13.8. The second-order valence-electron chi connectivity index (χ2n) is 5.11. The lowest BCUT2D eigenvalue weighted by atomic mass is 10.0. The van der Waals surface area contributed by atoms with Gasteiger partial charge in [-0.25, -0.2) is 0 Å². The van der Waals surface area contributed by atoms with E-state index in [1.54, 1.807) is 0 Å². The van der Waals surface area contributed by atoms with E-state index in [1.165, 1.54) is 6.42 Å². The fourth-order valence-electron chi connectivity index (χ4n) is 2.21. The van der Waals surface area contributed by atoms with Gasteiger partial charge in [0.05, 0.1) is 6.04 Å². The lowest BCUT2D eigenvalue weighted by molar-refractivity contribution is -0.123. The highest BCUT2D eigenvalue weighted by Gasteiger charge is 2.26. The van der Waals surface area contributed by atoms with E-state index in [-0.39, 0.29) is 11.9 Å². The summed E-state index contributed by atoms with van der Waals surface area (Å²) in [5.74, 6) is 0.503. The number of hydrogen-bond donors (Lipinski definition) is 2. The molecule has 1 aliphatic rings. The van der Waals surface area contributed by atoms with Gasteiger partial charge in [0.15, 0.2) is 0 Å². The van der Waals surface area contributed by atoms with E-state index < -0.39 is 0 Å². The van der Waals surface area contributed by atoms with Crippen LogP contribution in [-0.4, -0.2) is 29.5 Å². The number of thioether (sulfide) groups is 1. The molecule has 1 rings (SSSR count). The van der Waals surface area contributed by atoms with E-state index >= 15 is 0 Å². The fraction of sp³-hybridized carbons (Fsp3) is 0.917. The summed E-state index contributed by atoms with van der Waals surface area (Å²) >= 11 is 1.90. The van der Waals surface area contributed by atoms with Crippen molar-refractivity contribution in [3.63, 3.8) is 0 Å². The van der Waals surface area contributed by atoms with E-state index in [1.807, 2.05) is 11.8 Å². The van der Waals surface area contributed by atoms with Gasteiger partial charge < -0.3 is 11.1 Å². The molecule has 16 heavy (non-hydrogen) atoms. The Balaban J connectivity index is 2.29. The third-order valence-corrected chi connectivity index (χ3v) is 4.22. The first-order valence-electron chi connectivity index (χ1n) is 6.11. The Labute approximate surface area is 103 Å². The van der Waals surface area contributed by atoms with Gasteiger partial charge in [0, 0.05) is 11.3 Å². The number of carbonyl (C=O) groups excluding carboxylic acids is 1. The van der Waals surface area contributed by atoms with Crippen molar-refractivity contribution >= 4 is 17.7 Å². The summed E-state index contributed by atoms with van der Waals surface area (Å²) in [7, 11) is 0. The molecule has 3 nitrogen and oxygen atoms in total. The molecule has 0 heterocycles. The lowest BCUT2D eigenvalue weighted by Gasteiger charge is -2.18. The first-order chi connectivity index (χ1) is 7.52. The van der Waals surface area contributed by atoms with Crippen LogP contribution in [0.5, 0.6) is 0 Å². The summed E-state index contributed by atoms with van der Waals surface area (Å²) in [4.78, 5) is 11.8. The largest absolute Gasteiger partial charge is 0.352 e. The van der Waals surface area contributed by atoms with E-state index in [9.17, 15) is 4.79 Å². The van der Waals surface area contributed by atoms with Gasteiger partial charge in [-0.2, -0.15) is 11.8 Å². The summed E-state index contributed by atoms with van der Waals surface area (Å²) in [6, 6.07) is 0.0106. The molecule has 1 saturated carbocycles. The highest BCUT2D eigenvalue weighted by atomic mass is 32.2. The van der Waals surface area contributed by atoms with Crippen LogP contribution in [0.15, 0.2) is 0 Å². The Morgan fingerprint density at radius 1 is 1.50 bits per heavy atom. The molecule has 0 saturated heterocycles. The van der Waals surface area contributed by atoms with Gasteiger partial charge in [0.25, 0.3) is 0 Å². The van der Waals surface area contributed by atoms with Gasteiger partial charge in [0.2, 0.25) is 5.91 Å². The van der Waals surface area contributed by atoms with Crippen LogP contribution in [-0.2, 0) is 4.79 Å². The van der Waals surface area contributed by atoms with Crippen LogP contribution in [0.4, 0.5) is 0 Å². The van der Waals surface area contributed by atoms with Crippen molar-refractivity contribution in [2.24, 2.45) is 11.7 Å². The molecule has 3 atom stereocenters. The average Bonchev–Trinajstić information content (AvgIpc) is 2.64. The highest BCUT2D eigenvalue weighted by molar-refractivity contribution is 7.99. The maximum atomic E-state index is 11.8. The van der Waals surface area contributed by atoms with Gasteiger partial charge in [-0.1, -0.05) is 13.8 Å². The summed E-state index contributed by atoms with van der Waals surface area (Å²) < 4.78 is 0. The van der Waals surface area contributed by atoms with Crippen molar-refractivity contribution in [2.45, 2.75) is 56.9 Å². The van der Waals surface area contributed by atoms with Crippen LogP contribution < -0.4 is 11.1 Å². The maximum absolute atomic E-state index is 11.8. The molecule has 0 aromatic heterocycles. The Morgan fingerprint density at radius 3 is 2.69 bits per heavy atom. The van der Waals surface area contributed by atoms with Crippen LogP contribution in [0.1, 0.15) is 39.5 Å². The Morgan fingerprint density at radius 2 is 2.19 bits per heavy atom. The second-order valence-corrected chi connectivity index (χ2v) is 6.25. The number of amides is 1. The first-order valence-corrected chi connectivity index (χ1v) is 7.40. The van der Waals surface area contributed by atoms with Gasteiger partial charge in [-0.3, -0.25) is 4.79 Å². The van der Waals surface area contributed by atoms with Crippen LogP contribution in [0, 0.1) is 5.92 Å². The molecule has 2 unspecified atom stereocenters. The average molecular weight is 244 g/mol. The number of carbonyl (C=O) groups is 1. The van der Waals surface area contributed by atoms with Gasteiger partial charge in [-0.15, -0.1) is 0 Å². The summed E-state index contributed by atoms with van der Waals surface area (Å²) in [5, 5.41) is 3.79. The summed E-state index contributed by atoms with van der Waals surface area (Å²) in [5.41, 5.74) is 5.85. The SMILES string of the molecule is CSC1CCC(NC(=O)[C@@H](N)CC(C)C)C1. The third kappa shape index (κ3) is 4.34. The minimum atomic E-state index is -0.340. The fourth-order valence-corrected chi connectivity index (χ4v) is 3.00.